The highest BCUT2D eigenvalue weighted by atomic mass is 19.1. The first-order valence-electron chi connectivity index (χ1n) is 5.67. The highest BCUT2D eigenvalue weighted by Gasteiger charge is 2.15. The summed E-state index contributed by atoms with van der Waals surface area (Å²) in [7, 11) is 1.32. The van der Waals surface area contributed by atoms with Crippen LogP contribution in [0.5, 0.6) is 5.75 Å². The lowest BCUT2D eigenvalue weighted by Gasteiger charge is -2.07. The molecule has 0 fully saturated rings. The molecular weight excluding hydrogens is 250 g/mol. The average Bonchev–Trinajstić information content (AvgIpc) is 2.41. The zero-order valence-electron chi connectivity index (χ0n) is 10.5. The molecule has 0 radical (unpaired) electrons. The molecule has 0 saturated carbocycles. The van der Waals surface area contributed by atoms with E-state index in [1.807, 2.05) is 0 Å². The number of aryl methyl sites for hydroxylation is 1. The zero-order chi connectivity index (χ0) is 14.0. The quantitative estimate of drug-likeness (QED) is 0.791. The number of ether oxygens (including phenoxy) is 1. The van der Waals surface area contributed by atoms with Crippen molar-refractivity contribution >= 4 is 5.78 Å². The maximum absolute atomic E-state index is 13.3. The Morgan fingerprint density at radius 3 is 2.53 bits per heavy atom. The van der Waals surface area contributed by atoms with Crippen molar-refractivity contribution in [3.63, 3.8) is 0 Å². The van der Waals surface area contributed by atoms with Crippen molar-refractivity contribution in [3.8, 4) is 5.75 Å². The van der Waals surface area contributed by atoms with Crippen LogP contribution in [0.4, 0.5) is 8.78 Å². The van der Waals surface area contributed by atoms with E-state index in [1.165, 1.54) is 37.4 Å². The highest BCUT2D eigenvalue weighted by molar-refractivity contribution is 6.10. The van der Waals surface area contributed by atoms with Gasteiger partial charge in [-0.3, -0.25) is 4.79 Å². The zero-order valence-corrected chi connectivity index (χ0v) is 10.5. The average molecular weight is 262 g/mol. The van der Waals surface area contributed by atoms with Crippen LogP contribution in [0, 0.1) is 18.6 Å². The van der Waals surface area contributed by atoms with E-state index in [0.29, 0.717) is 5.56 Å². The van der Waals surface area contributed by atoms with E-state index >= 15 is 0 Å². The molecule has 0 aliphatic rings. The fourth-order valence-electron chi connectivity index (χ4n) is 1.80. The Hall–Kier alpha value is -2.23. The number of halogens is 2. The van der Waals surface area contributed by atoms with Crippen LogP contribution in [0.15, 0.2) is 36.4 Å². The van der Waals surface area contributed by atoms with E-state index in [1.54, 1.807) is 6.92 Å². The summed E-state index contributed by atoms with van der Waals surface area (Å²) >= 11 is 0. The van der Waals surface area contributed by atoms with E-state index in [4.69, 9.17) is 4.74 Å². The first kappa shape index (κ1) is 13.2. The number of carbonyl (C=O) groups is 1. The molecule has 0 aromatic heterocycles. The minimum Gasteiger partial charge on any atom is -0.494 e. The molecule has 0 aliphatic heterocycles. The van der Waals surface area contributed by atoms with Crippen LogP contribution < -0.4 is 4.74 Å². The summed E-state index contributed by atoms with van der Waals surface area (Å²) in [5.74, 6) is -1.41. The van der Waals surface area contributed by atoms with Crippen LogP contribution >= 0.6 is 0 Å². The first-order chi connectivity index (χ1) is 9.02. The van der Waals surface area contributed by atoms with Crippen molar-refractivity contribution in [2.75, 3.05) is 7.11 Å². The molecule has 2 nitrogen and oxygen atoms in total. The third-order valence-corrected chi connectivity index (χ3v) is 2.86. The Labute approximate surface area is 109 Å². The predicted molar refractivity (Wildman–Crippen MR) is 67.5 cm³/mol. The lowest BCUT2D eigenvalue weighted by Crippen LogP contribution is -2.05. The molecule has 4 heteroatoms. The number of hydrogen-bond acceptors (Lipinski definition) is 2. The van der Waals surface area contributed by atoms with Gasteiger partial charge >= 0.3 is 0 Å². The van der Waals surface area contributed by atoms with Crippen LogP contribution in [0.3, 0.4) is 0 Å². The van der Waals surface area contributed by atoms with Crippen LogP contribution in [-0.4, -0.2) is 12.9 Å². The fraction of sp³-hybridized carbons (Fsp3) is 0.133. The standard InChI is InChI=1S/C15H12F2O2/c1-9-3-5-11(16)8-12(9)15(18)10-4-6-13(17)14(7-10)19-2/h3-8H,1-2H3. The Morgan fingerprint density at radius 1 is 1.11 bits per heavy atom. The van der Waals surface area contributed by atoms with Crippen molar-refractivity contribution in [1.29, 1.82) is 0 Å². The van der Waals surface area contributed by atoms with Gasteiger partial charge in [-0.15, -0.1) is 0 Å². The van der Waals surface area contributed by atoms with Crippen molar-refractivity contribution in [2.45, 2.75) is 6.92 Å². The number of hydrogen-bond donors (Lipinski definition) is 0. The molecule has 2 rings (SSSR count). The molecule has 0 bridgehead atoms. The van der Waals surface area contributed by atoms with Gasteiger partial charge in [-0.25, -0.2) is 8.78 Å². The van der Waals surface area contributed by atoms with Gasteiger partial charge in [-0.2, -0.15) is 0 Å². The third-order valence-electron chi connectivity index (χ3n) is 2.86. The summed E-state index contributed by atoms with van der Waals surface area (Å²) in [5, 5.41) is 0. The second-order valence-electron chi connectivity index (χ2n) is 4.14. The normalized spacial score (nSPS) is 10.3. The Bertz CT molecular complexity index is 636. The third kappa shape index (κ3) is 2.62. The molecule has 19 heavy (non-hydrogen) atoms. The molecule has 0 amide bonds. The first-order valence-corrected chi connectivity index (χ1v) is 5.67. The Balaban J connectivity index is 2.47. The maximum atomic E-state index is 13.3. The minimum absolute atomic E-state index is 0.0140. The molecule has 0 N–H and O–H groups in total. The van der Waals surface area contributed by atoms with E-state index in [9.17, 15) is 13.6 Å². The number of carbonyl (C=O) groups excluding carboxylic acids is 1. The van der Waals surface area contributed by atoms with Crippen LogP contribution in [-0.2, 0) is 0 Å². The Morgan fingerprint density at radius 2 is 1.84 bits per heavy atom. The van der Waals surface area contributed by atoms with E-state index in [0.717, 1.165) is 6.07 Å². The number of benzene rings is 2. The minimum atomic E-state index is -0.546. The molecule has 0 saturated heterocycles. The van der Waals surface area contributed by atoms with Gasteiger partial charge in [0.2, 0.25) is 0 Å². The summed E-state index contributed by atoms with van der Waals surface area (Å²) in [6.07, 6.45) is 0. The second kappa shape index (κ2) is 5.18. The monoisotopic (exact) mass is 262 g/mol. The molecule has 2 aromatic rings. The summed E-state index contributed by atoms with van der Waals surface area (Å²) in [5.41, 5.74) is 1.18. The van der Waals surface area contributed by atoms with E-state index < -0.39 is 11.6 Å². The summed E-state index contributed by atoms with van der Waals surface area (Å²) in [6.45, 7) is 1.72. The number of rotatable bonds is 3. The topological polar surface area (TPSA) is 26.3 Å². The van der Waals surface area contributed by atoms with E-state index in [-0.39, 0.29) is 22.7 Å². The summed E-state index contributed by atoms with van der Waals surface area (Å²) in [6, 6.07) is 7.81. The van der Waals surface area contributed by atoms with Gasteiger partial charge in [0.05, 0.1) is 7.11 Å². The van der Waals surface area contributed by atoms with Crippen LogP contribution in [0.2, 0.25) is 0 Å². The summed E-state index contributed by atoms with van der Waals surface area (Å²) in [4.78, 5) is 12.3. The van der Waals surface area contributed by atoms with Crippen molar-refractivity contribution < 1.29 is 18.3 Å². The van der Waals surface area contributed by atoms with Gasteiger partial charge in [-0.05, 0) is 42.8 Å². The van der Waals surface area contributed by atoms with Gasteiger partial charge in [0, 0.05) is 11.1 Å². The van der Waals surface area contributed by atoms with Gasteiger partial charge in [-0.1, -0.05) is 6.07 Å². The molecule has 98 valence electrons. The molecule has 0 atom stereocenters. The van der Waals surface area contributed by atoms with Gasteiger partial charge in [0.25, 0.3) is 0 Å². The predicted octanol–water partition coefficient (Wildman–Crippen LogP) is 3.51. The highest BCUT2D eigenvalue weighted by Crippen LogP contribution is 2.22. The molecule has 0 aliphatic carbocycles. The van der Waals surface area contributed by atoms with Crippen molar-refractivity contribution in [1.82, 2.24) is 0 Å². The largest absolute Gasteiger partial charge is 0.494 e. The van der Waals surface area contributed by atoms with Crippen LogP contribution in [0.1, 0.15) is 21.5 Å². The molecule has 0 unspecified atom stereocenters. The second-order valence-corrected chi connectivity index (χ2v) is 4.14. The molecule has 2 aromatic carbocycles. The fourth-order valence-corrected chi connectivity index (χ4v) is 1.80. The smallest absolute Gasteiger partial charge is 0.193 e. The number of methoxy groups -OCH3 is 1. The van der Waals surface area contributed by atoms with E-state index in [2.05, 4.69) is 0 Å². The molecular formula is C15H12F2O2. The molecule has 0 spiro atoms. The maximum Gasteiger partial charge on any atom is 0.193 e. The lowest BCUT2D eigenvalue weighted by molar-refractivity contribution is 0.103. The lowest BCUT2D eigenvalue weighted by atomic mass is 9.99. The van der Waals surface area contributed by atoms with Gasteiger partial charge < -0.3 is 4.74 Å². The number of ketones is 1. The van der Waals surface area contributed by atoms with Crippen molar-refractivity contribution in [3.05, 3.63) is 64.7 Å². The Kier molecular flexibility index (Phi) is 3.60. The van der Waals surface area contributed by atoms with Gasteiger partial charge in [0.1, 0.15) is 5.82 Å². The summed E-state index contributed by atoms with van der Waals surface area (Å²) < 4.78 is 31.3. The molecule has 0 heterocycles. The SMILES string of the molecule is COc1cc(C(=O)c2cc(F)ccc2C)ccc1F. The van der Waals surface area contributed by atoms with Gasteiger partial charge in [0.15, 0.2) is 17.3 Å². The van der Waals surface area contributed by atoms with Crippen LogP contribution in [0.25, 0.3) is 0 Å². The van der Waals surface area contributed by atoms with Crippen molar-refractivity contribution in [2.24, 2.45) is 0 Å².